The molecule has 0 spiro atoms. The fourth-order valence-electron chi connectivity index (χ4n) is 3.81. The lowest BCUT2D eigenvalue weighted by Gasteiger charge is -2.17. The molecule has 0 aliphatic carbocycles. The monoisotopic (exact) mass is 498 g/mol. The summed E-state index contributed by atoms with van der Waals surface area (Å²) >= 11 is 0. The number of carbonyl (C=O) groups is 1. The smallest absolute Gasteiger partial charge is 0.299 e. The summed E-state index contributed by atoms with van der Waals surface area (Å²) in [7, 11) is 1.74. The van der Waals surface area contributed by atoms with Crippen LogP contribution in [-0.4, -0.2) is 41.0 Å². The summed E-state index contributed by atoms with van der Waals surface area (Å²) in [5.74, 6) is 1.73. The van der Waals surface area contributed by atoms with Gasteiger partial charge < -0.3 is 24.4 Å². The number of amides is 1. The number of aromatic nitrogens is 2. The van der Waals surface area contributed by atoms with E-state index in [1.54, 1.807) is 54.4 Å². The van der Waals surface area contributed by atoms with Crippen molar-refractivity contribution >= 4 is 17.3 Å². The molecule has 0 radical (unpaired) electrons. The van der Waals surface area contributed by atoms with Gasteiger partial charge in [0.25, 0.3) is 11.5 Å². The van der Waals surface area contributed by atoms with Gasteiger partial charge in [-0.05, 0) is 56.3 Å². The first kappa shape index (κ1) is 23.9. The number of nitrogens with zero attached hydrogens (tertiary/aromatic N) is 3. The van der Waals surface area contributed by atoms with E-state index in [0.717, 1.165) is 5.56 Å². The highest BCUT2D eigenvalue weighted by atomic mass is 16.7. The molecule has 37 heavy (non-hydrogen) atoms. The van der Waals surface area contributed by atoms with Crippen LogP contribution >= 0.6 is 0 Å². The van der Waals surface area contributed by atoms with Gasteiger partial charge in [0.15, 0.2) is 22.9 Å². The van der Waals surface area contributed by atoms with Gasteiger partial charge in [-0.25, -0.2) is 0 Å². The molecule has 1 amide bonds. The van der Waals surface area contributed by atoms with Crippen molar-refractivity contribution in [1.29, 1.82) is 0 Å². The molecule has 2 heterocycles. The van der Waals surface area contributed by atoms with Crippen molar-refractivity contribution in [2.75, 3.05) is 25.7 Å². The summed E-state index contributed by atoms with van der Waals surface area (Å²) in [5.41, 5.74) is 2.49. The van der Waals surface area contributed by atoms with Crippen molar-refractivity contribution in [3.8, 4) is 28.7 Å². The molecule has 1 aliphatic heterocycles. The third kappa shape index (κ3) is 4.97. The van der Waals surface area contributed by atoms with E-state index < -0.39 is 5.56 Å². The van der Waals surface area contributed by atoms with E-state index in [9.17, 15) is 9.59 Å². The Bertz CT molecular complexity index is 1510. The van der Waals surface area contributed by atoms with Gasteiger partial charge in [-0.3, -0.25) is 9.59 Å². The van der Waals surface area contributed by atoms with Gasteiger partial charge in [-0.15, -0.1) is 0 Å². The second-order valence-corrected chi connectivity index (χ2v) is 8.58. The van der Waals surface area contributed by atoms with Gasteiger partial charge in [-0.2, -0.15) is 9.78 Å². The maximum Gasteiger partial charge on any atom is 0.299 e. The molecule has 0 unspecified atom stereocenters. The third-order valence-corrected chi connectivity index (χ3v) is 5.99. The Morgan fingerprint density at radius 3 is 2.65 bits per heavy atom. The second kappa shape index (κ2) is 10.1. The Hall–Kier alpha value is -4.79. The molecular formula is C28H26N4O5. The second-order valence-electron chi connectivity index (χ2n) is 8.58. The van der Waals surface area contributed by atoms with Gasteiger partial charge in [0.1, 0.15) is 5.75 Å². The van der Waals surface area contributed by atoms with Crippen LogP contribution in [-0.2, 0) is 0 Å². The Morgan fingerprint density at radius 1 is 1.08 bits per heavy atom. The Balaban J connectivity index is 1.55. The largest absolute Gasteiger partial charge is 0.454 e. The van der Waals surface area contributed by atoms with E-state index in [4.69, 9.17) is 14.2 Å². The lowest BCUT2D eigenvalue weighted by atomic mass is 10.1. The fourth-order valence-corrected chi connectivity index (χ4v) is 3.81. The predicted octanol–water partition coefficient (Wildman–Crippen LogP) is 4.90. The molecule has 9 nitrogen and oxygen atoms in total. The summed E-state index contributed by atoms with van der Waals surface area (Å²) in [6.45, 7) is 4.60. The highest BCUT2D eigenvalue weighted by Crippen LogP contribution is 2.37. The van der Waals surface area contributed by atoms with Gasteiger partial charge in [-0.1, -0.05) is 23.8 Å². The average molecular weight is 499 g/mol. The van der Waals surface area contributed by atoms with Crippen molar-refractivity contribution in [2.45, 2.75) is 13.8 Å². The Morgan fingerprint density at radius 2 is 1.86 bits per heavy atom. The number of anilines is 2. The number of aryl methyl sites for hydroxylation is 1. The SMILES string of the molecule is CCN(C)C(=O)c1cccc(Nc2c(Oc3ccc4c(c3)OCO4)cnn(-c3ccc(C)cc3)c2=O)c1. The van der Waals surface area contributed by atoms with E-state index in [2.05, 4.69) is 10.4 Å². The van der Waals surface area contributed by atoms with Crippen molar-refractivity contribution in [3.05, 3.63) is 94.4 Å². The minimum atomic E-state index is -0.412. The maximum absolute atomic E-state index is 13.7. The molecule has 4 aromatic rings. The molecule has 0 saturated heterocycles. The number of benzene rings is 3. The van der Waals surface area contributed by atoms with Crippen molar-refractivity contribution in [2.24, 2.45) is 0 Å². The summed E-state index contributed by atoms with van der Waals surface area (Å²) in [6, 6.07) is 19.6. The zero-order valence-corrected chi connectivity index (χ0v) is 20.7. The van der Waals surface area contributed by atoms with E-state index in [1.807, 2.05) is 38.1 Å². The van der Waals surface area contributed by atoms with Crippen molar-refractivity contribution in [1.82, 2.24) is 14.7 Å². The highest BCUT2D eigenvalue weighted by molar-refractivity contribution is 5.95. The topological polar surface area (TPSA) is 94.9 Å². The molecule has 188 valence electrons. The van der Waals surface area contributed by atoms with Crippen LogP contribution in [0.25, 0.3) is 5.69 Å². The molecule has 9 heteroatoms. The first-order valence-electron chi connectivity index (χ1n) is 11.8. The summed E-state index contributed by atoms with van der Waals surface area (Å²) < 4.78 is 18.2. The first-order valence-corrected chi connectivity index (χ1v) is 11.8. The molecule has 0 fully saturated rings. The first-order chi connectivity index (χ1) is 17.9. The van der Waals surface area contributed by atoms with E-state index >= 15 is 0 Å². The van der Waals surface area contributed by atoms with Crippen LogP contribution in [0.15, 0.2) is 77.7 Å². The molecule has 0 saturated carbocycles. The molecule has 1 N–H and O–H groups in total. The Labute approximate surface area is 213 Å². The van der Waals surface area contributed by atoms with Crippen LogP contribution in [0.4, 0.5) is 11.4 Å². The quantitative estimate of drug-likeness (QED) is 0.387. The number of carbonyl (C=O) groups excluding carboxylic acids is 1. The lowest BCUT2D eigenvalue weighted by molar-refractivity contribution is 0.0802. The third-order valence-electron chi connectivity index (χ3n) is 5.99. The zero-order chi connectivity index (χ0) is 25.9. The fraction of sp³-hybridized carbons (Fsp3) is 0.179. The van der Waals surface area contributed by atoms with Crippen LogP contribution in [0, 0.1) is 6.92 Å². The number of hydrogen-bond acceptors (Lipinski definition) is 7. The molecule has 1 aromatic heterocycles. The molecule has 3 aromatic carbocycles. The minimum Gasteiger partial charge on any atom is -0.454 e. The molecule has 5 rings (SSSR count). The van der Waals surface area contributed by atoms with E-state index in [-0.39, 0.29) is 24.1 Å². The predicted molar refractivity (Wildman–Crippen MR) is 140 cm³/mol. The van der Waals surface area contributed by atoms with Crippen LogP contribution < -0.4 is 25.1 Å². The number of rotatable bonds is 7. The van der Waals surface area contributed by atoms with Crippen molar-refractivity contribution in [3.63, 3.8) is 0 Å². The minimum absolute atomic E-state index is 0.116. The maximum atomic E-state index is 13.7. The number of hydrogen-bond donors (Lipinski definition) is 1. The molecule has 1 aliphatic rings. The van der Waals surface area contributed by atoms with Crippen molar-refractivity contribution < 1.29 is 19.0 Å². The van der Waals surface area contributed by atoms with Gasteiger partial charge >= 0.3 is 0 Å². The summed E-state index contributed by atoms with van der Waals surface area (Å²) in [5, 5.41) is 7.51. The van der Waals surface area contributed by atoms with Crippen LogP contribution in [0.2, 0.25) is 0 Å². The molecule has 0 atom stereocenters. The van der Waals surface area contributed by atoms with Gasteiger partial charge in [0.2, 0.25) is 6.79 Å². The average Bonchev–Trinajstić information content (AvgIpc) is 3.39. The zero-order valence-electron chi connectivity index (χ0n) is 20.7. The van der Waals surface area contributed by atoms with Gasteiger partial charge in [0.05, 0.1) is 11.9 Å². The summed E-state index contributed by atoms with van der Waals surface area (Å²) in [4.78, 5) is 28.0. The van der Waals surface area contributed by atoms with E-state index in [0.29, 0.717) is 40.7 Å². The van der Waals surface area contributed by atoms with Crippen LogP contribution in [0.5, 0.6) is 23.0 Å². The molecule has 0 bridgehead atoms. The number of nitrogens with one attached hydrogen (secondary N) is 1. The van der Waals surface area contributed by atoms with Crippen LogP contribution in [0.3, 0.4) is 0 Å². The van der Waals surface area contributed by atoms with E-state index in [1.165, 1.54) is 10.9 Å². The number of fused-ring (bicyclic) bond motifs is 1. The number of ether oxygens (including phenoxy) is 3. The molecular weight excluding hydrogens is 472 g/mol. The van der Waals surface area contributed by atoms with Gasteiger partial charge in [0, 0.05) is 30.9 Å². The highest BCUT2D eigenvalue weighted by Gasteiger charge is 2.19. The van der Waals surface area contributed by atoms with Crippen LogP contribution in [0.1, 0.15) is 22.8 Å². The summed E-state index contributed by atoms with van der Waals surface area (Å²) in [6.07, 6.45) is 1.48. The lowest BCUT2D eigenvalue weighted by Crippen LogP contribution is -2.26. The normalized spacial score (nSPS) is 11.8. The standard InChI is InChI=1S/C28H26N4O5/c1-4-31(3)27(33)19-6-5-7-20(14-19)30-26-25(37-22-12-13-23-24(15-22)36-17-35-23)16-29-32(28(26)34)21-10-8-18(2)9-11-21/h5-16,30H,4,17H2,1-3H3. The Kier molecular flexibility index (Phi) is 6.51.